The number of nitrogens with zero attached hydrogens (tertiary/aromatic N) is 1. The van der Waals surface area contributed by atoms with Crippen LogP contribution < -0.4 is 0 Å². The van der Waals surface area contributed by atoms with E-state index in [9.17, 15) is 12.8 Å². The van der Waals surface area contributed by atoms with Crippen LogP contribution in [0.25, 0.3) is 0 Å². The molecule has 0 N–H and O–H groups in total. The van der Waals surface area contributed by atoms with Gasteiger partial charge in [0.05, 0.1) is 6.04 Å². The molecule has 2 aromatic rings. The van der Waals surface area contributed by atoms with Crippen LogP contribution >= 0.6 is 0 Å². The molecule has 1 heterocycles. The second-order valence-corrected chi connectivity index (χ2v) is 6.97. The Morgan fingerprint density at radius 1 is 1.00 bits per heavy atom. The van der Waals surface area contributed by atoms with Crippen LogP contribution in [-0.2, 0) is 10.0 Å². The normalized spacial score (nSPS) is 19.8. The van der Waals surface area contributed by atoms with Crippen molar-refractivity contribution in [1.82, 2.24) is 4.31 Å². The summed E-state index contributed by atoms with van der Waals surface area (Å²) in [6, 6.07) is 14.8. The van der Waals surface area contributed by atoms with Gasteiger partial charge in [-0.2, -0.15) is 4.31 Å². The summed E-state index contributed by atoms with van der Waals surface area (Å²) in [5, 5.41) is 0. The van der Waals surface area contributed by atoms with E-state index >= 15 is 0 Å². The number of hydrogen-bond acceptors (Lipinski definition) is 2. The van der Waals surface area contributed by atoms with Gasteiger partial charge in [-0.05, 0) is 30.5 Å². The number of rotatable bonds is 3. The van der Waals surface area contributed by atoms with Crippen LogP contribution in [0.5, 0.6) is 0 Å². The number of hydrogen-bond donors (Lipinski definition) is 0. The Labute approximate surface area is 124 Å². The van der Waals surface area contributed by atoms with E-state index < -0.39 is 15.8 Å². The van der Waals surface area contributed by atoms with Crippen LogP contribution in [0.3, 0.4) is 0 Å². The number of sulfonamides is 1. The molecule has 110 valence electrons. The molecular formula is C16H16FNO2S. The van der Waals surface area contributed by atoms with Crippen LogP contribution in [0.4, 0.5) is 4.39 Å². The molecule has 3 rings (SSSR count). The van der Waals surface area contributed by atoms with Gasteiger partial charge in [-0.3, -0.25) is 0 Å². The van der Waals surface area contributed by atoms with Gasteiger partial charge in [0, 0.05) is 6.54 Å². The van der Waals surface area contributed by atoms with Gasteiger partial charge in [0.25, 0.3) is 0 Å². The molecule has 1 aliphatic rings. The highest BCUT2D eigenvalue weighted by Gasteiger charge is 2.37. The van der Waals surface area contributed by atoms with Gasteiger partial charge in [-0.25, -0.2) is 12.8 Å². The van der Waals surface area contributed by atoms with E-state index in [1.165, 1.54) is 22.5 Å². The number of benzene rings is 2. The van der Waals surface area contributed by atoms with Crippen molar-refractivity contribution in [3.63, 3.8) is 0 Å². The summed E-state index contributed by atoms with van der Waals surface area (Å²) in [6.07, 6.45) is 1.55. The average Bonchev–Trinajstić information content (AvgIpc) is 2.99. The summed E-state index contributed by atoms with van der Waals surface area (Å²) in [4.78, 5) is -0.243. The lowest BCUT2D eigenvalue weighted by atomic mass is 10.1. The van der Waals surface area contributed by atoms with E-state index in [4.69, 9.17) is 0 Å². The molecule has 2 aromatic carbocycles. The van der Waals surface area contributed by atoms with Gasteiger partial charge in [0.1, 0.15) is 10.7 Å². The van der Waals surface area contributed by atoms with Crippen LogP contribution in [0.15, 0.2) is 59.5 Å². The lowest BCUT2D eigenvalue weighted by Crippen LogP contribution is -2.31. The molecule has 0 bridgehead atoms. The minimum atomic E-state index is -3.81. The Balaban J connectivity index is 2.01. The fourth-order valence-corrected chi connectivity index (χ4v) is 4.57. The summed E-state index contributed by atoms with van der Waals surface area (Å²) in [5.74, 6) is -0.698. The molecule has 5 heteroatoms. The second kappa shape index (κ2) is 5.58. The summed E-state index contributed by atoms with van der Waals surface area (Å²) >= 11 is 0. The first-order valence-electron chi connectivity index (χ1n) is 6.92. The van der Waals surface area contributed by atoms with Gasteiger partial charge >= 0.3 is 0 Å². The maximum absolute atomic E-state index is 13.9. The zero-order valence-electron chi connectivity index (χ0n) is 11.4. The molecule has 0 saturated carbocycles. The van der Waals surface area contributed by atoms with E-state index in [1.807, 2.05) is 30.3 Å². The molecule has 3 nitrogen and oxygen atoms in total. The molecule has 0 radical (unpaired) electrons. The first-order valence-corrected chi connectivity index (χ1v) is 8.36. The SMILES string of the molecule is O=S(=O)(c1ccccc1F)N1CCCC1c1ccccc1. The van der Waals surface area contributed by atoms with Crippen molar-refractivity contribution in [3.05, 3.63) is 66.0 Å². The largest absolute Gasteiger partial charge is 0.246 e. The molecule has 0 aliphatic carbocycles. The fourth-order valence-electron chi connectivity index (χ4n) is 2.82. The van der Waals surface area contributed by atoms with E-state index in [0.717, 1.165) is 18.4 Å². The quantitative estimate of drug-likeness (QED) is 0.872. The predicted molar refractivity (Wildman–Crippen MR) is 78.7 cm³/mol. The van der Waals surface area contributed by atoms with E-state index in [1.54, 1.807) is 6.07 Å². The van der Waals surface area contributed by atoms with Gasteiger partial charge in [-0.1, -0.05) is 42.5 Å². The van der Waals surface area contributed by atoms with Gasteiger partial charge in [0.15, 0.2) is 0 Å². The maximum Gasteiger partial charge on any atom is 0.246 e. The molecule has 1 saturated heterocycles. The molecule has 21 heavy (non-hydrogen) atoms. The zero-order chi connectivity index (χ0) is 14.9. The third-order valence-corrected chi connectivity index (χ3v) is 5.75. The highest BCUT2D eigenvalue weighted by Crippen LogP contribution is 2.36. The van der Waals surface area contributed by atoms with Crippen molar-refractivity contribution >= 4 is 10.0 Å². The van der Waals surface area contributed by atoms with Crippen molar-refractivity contribution in [2.75, 3.05) is 6.54 Å². The van der Waals surface area contributed by atoms with Crippen molar-refractivity contribution in [2.45, 2.75) is 23.8 Å². The maximum atomic E-state index is 13.9. The predicted octanol–water partition coefficient (Wildman–Crippen LogP) is 3.35. The van der Waals surface area contributed by atoms with E-state index in [0.29, 0.717) is 6.54 Å². The third-order valence-electron chi connectivity index (χ3n) is 3.81. The zero-order valence-corrected chi connectivity index (χ0v) is 12.3. The summed E-state index contributed by atoms with van der Waals surface area (Å²) < 4.78 is 40.7. The Hall–Kier alpha value is -1.72. The van der Waals surface area contributed by atoms with Crippen molar-refractivity contribution in [2.24, 2.45) is 0 Å². The molecule has 1 fully saturated rings. The molecule has 0 spiro atoms. The fraction of sp³-hybridized carbons (Fsp3) is 0.250. The Morgan fingerprint density at radius 2 is 1.67 bits per heavy atom. The van der Waals surface area contributed by atoms with E-state index in [2.05, 4.69) is 0 Å². The summed E-state index contributed by atoms with van der Waals surface area (Å²) in [5.41, 5.74) is 0.954. The molecule has 0 aromatic heterocycles. The molecule has 0 amide bonds. The molecule has 1 aliphatic heterocycles. The second-order valence-electron chi connectivity index (χ2n) is 5.11. The number of halogens is 1. The van der Waals surface area contributed by atoms with Gasteiger partial charge in [0.2, 0.25) is 10.0 Å². The highest BCUT2D eigenvalue weighted by molar-refractivity contribution is 7.89. The van der Waals surface area contributed by atoms with Gasteiger partial charge < -0.3 is 0 Å². The smallest absolute Gasteiger partial charge is 0.207 e. The molecule has 1 atom stereocenters. The average molecular weight is 305 g/mol. The first-order chi connectivity index (χ1) is 10.1. The Kier molecular flexibility index (Phi) is 3.78. The van der Waals surface area contributed by atoms with Crippen molar-refractivity contribution < 1.29 is 12.8 Å². The topological polar surface area (TPSA) is 37.4 Å². The minimum Gasteiger partial charge on any atom is -0.207 e. The van der Waals surface area contributed by atoms with Crippen LogP contribution in [0.2, 0.25) is 0 Å². The van der Waals surface area contributed by atoms with Gasteiger partial charge in [-0.15, -0.1) is 0 Å². The molecule has 1 unspecified atom stereocenters. The standard InChI is InChI=1S/C16H16FNO2S/c17-14-9-4-5-11-16(14)21(19,20)18-12-6-10-15(18)13-7-2-1-3-8-13/h1-5,7-9,11,15H,6,10,12H2. The monoisotopic (exact) mass is 305 g/mol. The van der Waals surface area contributed by atoms with Crippen molar-refractivity contribution in [3.8, 4) is 0 Å². The van der Waals surface area contributed by atoms with Crippen LogP contribution in [-0.4, -0.2) is 19.3 Å². The lowest BCUT2D eigenvalue weighted by Gasteiger charge is -2.24. The highest BCUT2D eigenvalue weighted by atomic mass is 32.2. The van der Waals surface area contributed by atoms with Crippen LogP contribution in [0.1, 0.15) is 24.4 Å². The third kappa shape index (κ3) is 2.59. The first kappa shape index (κ1) is 14.2. The molecular weight excluding hydrogens is 289 g/mol. The minimum absolute atomic E-state index is 0.212. The summed E-state index contributed by atoms with van der Waals surface area (Å²) in [6.45, 7) is 0.427. The lowest BCUT2D eigenvalue weighted by molar-refractivity contribution is 0.393. The Morgan fingerprint density at radius 3 is 2.38 bits per heavy atom. The van der Waals surface area contributed by atoms with Crippen molar-refractivity contribution in [1.29, 1.82) is 0 Å². The Bertz CT molecular complexity index is 731. The van der Waals surface area contributed by atoms with Crippen LogP contribution in [0, 0.1) is 5.82 Å². The van der Waals surface area contributed by atoms with E-state index in [-0.39, 0.29) is 10.9 Å². The summed E-state index contributed by atoms with van der Waals surface area (Å²) in [7, 11) is -3.81.